The van der Waals surface area contributed by atoms with Crippen LogP contribution in [0.5, 0.6) is 0 Å². The van der Waals surface area contributed by atoms with Crippen molar-refractivity contribution in [3.05, 3.63) is 11.8 Å². The van der Waals surface area contributed by atoms with Gasteiger partial charge in [0.15, 0.2) is 0 Å². The van der Waals surface area contributed by atoms with Gasteiger partial charge in [0, 0.05) is 0 Å². The second kappa shape index (κ2) is 12.3. The zero-order chi connectivity index (χ0) is 9.11. The second-order valence-electron chi connectivity index (χ2n) is 2.31. The summed E-state index contributed by atoms with van der Waals surface area (Å²) < 4.78 is 3.65. The van der Waals surface area contributed by atoms with Gasteiger partial charge in [-0.15, -0.1) is 0 Å². The van der Waals surface area contributed by atoms with Crippen LogP contribution in [-0.4, -0.2) is 9.36 Å². The molecule has 0 aliphatic heterocycles. The predicted molar refractivity (Wildman–Crippen MR) is 51.8 cm³/mol. The van der Waals surface area contributed by atoms with Gasteiger partial charge in [-0.3, -0.25) is 0 Å². The van der Waals surface area contributed by atoms with Crippen molar-refractivity contribution in [2.24, 2.45) is 5.92 Å². The van der Waals surface area contributed by atoms with E-state index in [2.05, 4.69) is 30.1 Å². The van der Waals surface area contributed by atoms with Crippen molar-refractivity contribution in [2.45, 2.75) is 34.6 Å². The van der Waals surface area contributed by atoms with Gasteiger partial charge in [-0.2, -0.15) is 4.37 Å². The van der Waals surface area contributed by atoms with Crippen molar-refractivity contribution in [2.75, 3.05) is 0 Å². The average Bonchev–Trinajstić information content (AvgIpc) is 2.44. The van der Waals surface area contributed by atoms with Gasteiger partial charge >= 0.3 is 0 Å². The molecule has 1 aromatic heterocycles. The molecule has 1 rings (SSSR count). The molecule has 11 heavy (non-hydrogen) atoms. The molecule has 0 spiro atoms. The molecular weight excluding hydrogens is 156 g/mol. The number of rotatable bonds is 0. The predicted octanol–water partition coefficient (Wildman–Crippen LogP) is 3.23. The van der Waals surface area contributed by atoms with Gasteiger partial charge in [0.25, 0.3) is 0 Å². The van der Waals surface area contributed by atoms with Gasteiger partial charge in [-0.05, 0) is 17.5 Å². The third-order valence-electron chi connectivity index (χ3n) is 0.283. The number of nitrogens with zero attached hydrogens (tertiary/aromatic N) is 2. The zero-order valence-electron chi connectivity index (χ0n) is 8.03. The molecule has 0 amide bonds. The molecule has 0 radical (unpaired) electrons. The molecule has 0 aliphatic rings. The number of hydrogen-bond acceptors (Lipinski definition) is 3. The lowest BCUT2D eigenvalue weighted by Crippen LogP contribution is -1.66. The highest BCUT2D eigenvalue weighted by molar-refractivity contribution is 7.03. The summed E-state index contributed by atoms with van der Waals surface area (Å²) in [6.45, 7) is 10.5. The van der Waals surface area contributed by atoms with Crippen molar-refractivity contribution in [3.63, 3.8) is 0 Å². The summed E-state index contributed by atoms with van der Waals surface area (Å²) in [6.07, 6.45) is 1.52. The van der Waals surface area contributed by atoms with Crippen molar-refractivity contribution in [3.8, 4) is 0 Å². The Morgan fingerprint density at radius 3 is 1.73 bits per heavy atom. The van der Waals surface area contributed by atoms with Crippen LogP contribution in [0.25, 0.3) is 0 Å². The Hall–Kier alpha value is -0.440. The number of aromatic nitrogens is 2. The Kier molecular flexibility index (Phi) is 14.7. The molecule has 66 valence electrons. The van der Waals surface area contributed by atoms with Crippen LogP contribution in [0.1, 0.15) is 34.6 Å². The van der Waals surface area contributed by atoms with E-state index in [1.807, 2.05) is 13.8 Å². The first-order chi connectivity index (χ1) is 5.23. The molecule has 1 aromatic rings. The molecule has 2 nitrogen and oxygen atoms in total. The van der Waals surface area contributed by atoms with Crippen molar-refractivity contribution < 1.29 is 0 Å². The normalized spacial score (nSPS) is 7.45. The lowest BCUT2D eigenvalue weighted by atomic mass is 10.3. The van der Waals surface area contributed by atoms with Gasteiger partial charge < -0.3 is 0 Å². The molecule has 0 atom stereocenters. The van der Waals surface area contributed by atoms with Crippen LogP contribution in [0.15, 0.2) is 11.8 Å². The SMILES string of the molecule is CC.CC(C)C.c1ncsn1. The molecule has 0 aromatic carbocycles. The largest absolute Gasteiger partial charge is 0.231 e. The van der Waals surface area contributed by atoms with E-state index in [0.29, 0.717) is 0 Å². The second-order valence-corrected chi connectivity index (χ2v) is 2.95. The van der Waals surface area contributed by atoms with Crippen molar-refractivity contribution >= 4 is 11.5 Å². The smallest absolute Gasteiger partial charge is 0.129 e. The third-order valence-corrected chi connectivity index (χ3v) is 0.715. The molecule has 0 saturated heterocycles. The van der Waals surface area contributed by atoms with Crippen molar-refractivity contribution in [1.29, 1.82) is 0 Å². The van der Waals surface area contributed by atoms with Crippen LogP contribution in [0, 0.1) is 5.92 Å². The van der Waals surface area contributed by atoms with E-state index in [0.717, 1.165) is 5.92 Å². The Morgan fingerprint density at radius 2 is 1.64 bits per heavy atom. The molecule has 0 saturated carbocycles. The molecule has 0 unspecified atom stereocenters. The zero-order valence-corrected chi connectivity index (χ0v) is 8.85. The standard InChI is InChI=1S/C4H10.C2H2N2S.C2H6/c1-4(2)3;1-3-2-5-4-1;1-2/h4H,1-3H3;1-2H;1-2H3. The summed E-state index contributed by atoms with van der Waals surface area (Å²) >= 11 is 1.35. The minimum absolute atomic E-state index is 0.833. The van der Waals surface area contributed by atoms with Gasteiger partial charge in [0.1, 0.15) is 11.8 Å². The first-order valence-electron chi connectivity index (χ1n) is 3.92. The van der Waals surface area contributed by atoms with E-state index in [-0.39, 0.29) is 0 Å². The highest BCUT2D eigenvalue weighted by Gasteiger charge is 1.68. The van der Waals surface area contributed by atoms with Gasteiger partial charge in [-0.1, -0.05) is 34.6 Å². The van der Waals surface area contributed by atoms with Gasteiger partial charge in [0.05, 0.1) is 0 Å². The van der Waals surface area contributed by atoms with E-state index in [9.17, 15) is 0 Å². The maximum Gasteiger partial charge on any atom is 0.129 e. The maximum atomic E-state index is 3.65. The van der Waals surface area contributed by atoms with Crippen LogP contribution < -0.4 is 0 Å². The van der Waals surface area contributed by atoms with Crippen LogP contribution in [0.4, 0.5) is 0 Å². The molecule has 0 bridgehead atoms. The summed E-state index contributed by atoms with van der Waals surface area (Å²) in [5, 5.41) is 0. The number of hydrogen-bond donors (Lipinski definition) is 0. The molecule has 0 aliphatic carbocycles. The Bertz CT molecular complexity index is 95.7. The van der Waals surface area contributed by atoms with E-state index in [1.165, 1.54) is 17.9 Å². The minimum atomic E-state index is 0.833. The Labute approximate surface area is 73.9 Å². The van der Waals surface area contributed by atoms with Crippen molar-refractivity contribution in [1.82, 2.24) is 9.36 Å². The minimum Gasteiger partial charge on any atom is -0.231 e. The summed E-state index contributed by atoms with van der Waals surface area (Å²) in [4.78, 5) is 3.63. The first-order valence-corrected chi connectivity index (χ1v) is 4.76. The highest BCUT2D eigenvalue weighted by Crippen LogP contribution is 1.81. The van der Waals surface area contributed by atoms with E-state index >= 15 is 0 Å². The van der Waals surface area contributed by atoms with E-state index in [4.69, 9.17) is 0 Å². The summed E-state index contributed by atoms with van der Waals surface area (Å²) in [6, 6.07) is 0. The van der Waals surface area contributed by atoms with E-state index in [1.54, 1.807) is 5.51 Å². The van der Waals surface area contributed by atoms with Crippen LogP contribution in [-0.2, 0) is 0 Å². The lowest BCUT2D eigenvalue weighted by molar-refractivity contribution is 0.737. The Balaban J connectivity index is 0. The van der Waals surface area contributed by atoms with Gasteiger partial charge in [-0.25, -0.2) is 4.98 Å². The maximum absolute atomic E-state index is 3.65. The topological polar surface area (TPSA) is 25.8 Å². The van der Waals surface area contributed by atoms with E-state index < -0.39 is 0 Å². The molecule has 1 heterocycles. The lowest BCUT2D eigenvalue weighted by Gasteiger charge is -1.79. The molecule has 3 heteroatoms. The summed E-state index contributed by atoms with van der Waals surface area (Å²) in [7, 11) is 0. The fraction of sp³-hybridized carbons (Fsp3) is 0.750. The summed E-state index contributed by atoms with van der Waals surface area (Å²) in [5.41, 5.74) is 1.68. The summed E-state index contributed by atoms with van der Waals surface area (Å²) in [5.74, 6) is 0.833. The molecule has 0 N–H and O–H groups in total. The van der Waals surface area contributed by atoms with Crippen LogP contribution >= 0.6 is 11.5 Å². The third kappa shape index (κ3) is 26.3. The highest BCUT2D eigenvalue weighted by atomic mass is 32.1. The first kappa shape index (κ1) is 13.2. The average molecular weight is 174 g/mol. The van der Waals surface area contributed by atoms with Gasteiger partial charge in [0.2, 0.25) is 0 Å². The fourth-order valence-electron chi connectivity index (χ4n) is 0.136. The van der Waals surface area contributed by atoms with Crippen LogP contribution in [0.2, 0.25) is 0 Å². The Morgan fingerprint density at radius 1 is 1.18 bits per heavy atom. The fourth-order valence-corrected chi connectivity index (χ4v) is 0.408. The van der Waals surface area contributed by atoms with Crippen LogP contribution in [0.3, 0.4) is 0 Å². The molecular formula is C8H18N2S. The molecule has 0 fully saturated rings. The quantitative estimate of drug-likeness (QED) is 0.603. The monoisotopic (exact) mass is 174 g/mol.